The number of allylic oxidation sites excluding steroid dienone is 8. The molecule has 26 heavy (non-hydrogen) atoms. The van der Waals surface area contributed by atoms with Gasteiger partial charge in [-0.2, -0.15) is 0 Å². The van der Waals surface area contributed by atoms with Crippen molar-refractivity contribution in [2.45, 2.75) is 38.8 Å². The van der Waals surface area contributed by atoms with E-state index in [0.29, 0.717) is 0 Å². The van der Waals surface area contributed by atoms with Crippen LogP contribution in [-0.2, 0) is 4.74 Å². The number of ether oxygens (including phenoxy) is 1. The third kappa shape index (κ3) is 4.10. The van der Waals surface area contributed by atoms with Gasteiger partial charge in [-0.1, -0.05) is 35.9 Å². The van der Waals surface area contributed by atoms with E-state index in [4.69, 9.17) is 9.37 Å². The average Bonchev–Trinajstić information content (AvgIpc) is 3.12. The number of alkyl halides is 1. The summed E-state index contributed by atoms with van der Waals surface area (Å²) in [4.78, 5) is 0. The molecule has 3 rings (SSSR count). The molecular formula is C21H23FN2O2. The maximum atomic E-state index is 13.1. The number of hydrogen-bond acceptors (Lipinski definition) is 4. The smallest absolute Gasteiger partial charge is 0.135 e. The quantitative estimate of drug-likeness (QED) is 0.650. The number of rotatable bonds is 6. The van der Waals surface area contributed by atoms with Crippen LogP contribution < -0.4 is 0 Å². The molecule has 1 aliphatic carbocycles. The van der Waals surface area contributed by atoms with Gasteiger partial charge in [0.2, 0.25) is 0 Å². The summed E-state index contributed by atoms with van der Waals surface area (Å²) >= 11 is 0. The Morgan fingerprint density at radius 2 is 2.15 bits per heavy atom. The lowest BCUT2D eigenvalue weighted by Crippen LogP contribution is -2.10. The normalized spacial score (nSPS) is 19.5. The van der Waals surface area contributed by atoms with E-state index < -0.39 is 6.17 Å². The molecule has 2 aromatic rings. The van der Waals surface area contributed by atoms with Gasteiger partial charge in [0.15, 0.2) is 0 Å². The number of aromatic nitrogens is 2. The minimum Gasteiger partial charge on any atom is -0.500 e. The van der Waals surface area contributed by atoms with Crippen LogP contribution in [-0.4, -0.2) is 23.6 Å². The van der Waals surface area contributed by atoms with E-state index in [1.165, 1.54) is 12.5 Å². The Kier molecular flexibility index (Phi) is 5.66. The van der Waals surface area contributed by atoms with Crippen molar-refractivity contribution in [3.8, 4) is 0 Å². The Balaban J connectivity index is 1.82. The van der Waals surface area contributed by atoms with E-state index >= 15 is 0 Å². The van der Waals surface area contributed by atoms with Crippen LogP contribution in [0.2, 0.25) is 0 Å². The van der Waals surface area contributed by atoms with Crippen LogP contribution >= 0.6 is 0 Å². The topological polar surface area (TPSA) is 48.2 Å². The number of halogens is 1. The lowest BCUT2D eigenvalue weighted by atomic mass is 9.84. The molecule has 0 saturated heterocycles. The van der Waals surface area contributed by atoms with Crippen LogP contribution in [0.5, 0.6) is 0 Å². The molecule has 1 aliphatic rings. The highest BCUT2D eigenvalue weighted by atomic mass is 19.1. The molecule has 0 radical (unpaired) electrons. The van der Waals surface area contributed by atoms with E-state index in [9.17, 15) is 4.39 Å². The van der Waals surface area contributed by atoms with Crippen LogP contribution in [0.25, 0.3) is 11.0 Å². The van der Waals surface area contributed by atoms with E-state index in [2.05, 4.69) is 16.4 Å². The Morgan fingerprint density at radius 1 is 1.35 bits per heavy atom. The highest BCUT2D eigenvalue weighted by Crippen LogP contribution is 2.37. The maximum Gasteiger partial charge on any atom is 0.135 e. The first kappa shape index (κ1) is 18.1. The predicted molar refractivity (Wildman–Crippen MR) is 100 cm³/mol. The first-order valence-corrected chi connectivity index (χ1v) is 8.74. The van der Waals surface area contributed by atoms with Gasteiger partial charge in [0.25, 0.3) is 0 Å². The zero-order valence-electron chi connectivity index (χ0n) is 15.3. The van der Waals surface area contributed by atoms with Crippen molar-refractivity contribution in [1.82, 2.24) is 10.3 Å². The van der Waals surface area contributed by atoms with Gasteiger partial charge >= 0.3 is 0 Å². The standard InChI is InChI=1S/C21H23FN2O2/c1-4-15(6-5-14(2)22)11-16-7-10-21(25-3)18(12-16)17-8-9-19-20(13-17)24-26-23-19/h4-10,13-14,18H,11-12H2,1-3H3/b6-5-,15-4+. The monoisotopic (exact) mass is 354 g/mol. The molecule has 1 aromatic heterocycles. The first-order chi connectivity index (χ1) is 12.6. The highest BCUT2D eigenvalue weighted by Gasteiger charge is 2.23. The molecule has 136 valence electrons. The fourth-order valence-electron chi connectivity index (χ4n) is 3.16. The van der Waals surface area contributed by atoms with Gasteiger partial charge < -0.3 is 4.74 Å². The van der Waals surface area contributed by atoms with E-state index in [1.54, 1.807) is 13.2 Å². The molecule has 4 nitrogen and oxygen atoms in total. The van der Waals surface area contributed by atoms with Crippen molar-refractivity contribution in [3.05, 3.63) is 71.0 Å². The van der Waals surface area contributed by atoms with E-state index in [-0.39, 0.29) is 5.92 Å². The van der Waals surface area contributed by atoms with Gasteiger partial charge in [-0.05, 0) is 66.3 Å². The summed E-state index contributed by atoms with van der Waals surface area (Å²) in [6, 6.07) is 5.94. The molecular weight excluding hydrogens is 331 g/mol. The predicted octanol–water partition coefficient (Wildman–Crippen LogP) is 5.42. The summed E-state index contributed by atoms with van der Waals surface area (Å²) in [5, 5.41) is 7.79. The van der Waals surface area contributed by atoms with Crippen molar-refractivity contribution < 1.29 is 13.8 Å². The Bertz CT molecular complexity index is 890. The van der Waals surface area contributed by atoms with Gasteiger partial charge in [0.1, 0.15) is 23.0 Å². The zero-order valence-corrected chi connectivity index (χ0v) is 15.3. The molecule has 0 amide bonds. The van der Waals surface area contributed by atoms with E-state index in [0.717, 1.165) is 40.8 Å². The molecule has 2 unspecified atom stereocenters. The van der Waals surface area contributed by atoms with Crippen molar-refractivity contribution in [2.24, 2.45) is 0 Å². The summed E-state index contributed by atoms with van der Waals surface area (Å²) in [6.07, 6.45) is 10.3. The number of methoxy groups -OCH3 is 1. The lowest BCUT2D eigenvalue weighted by molar-refractivity contribution is 0.261. The average molecular weight is 354 g/mol. The third-order valence-electron chi connectivity index (χ3n) is 4.59. The summed E-state index contributed by atoms with van der Waals surface area (Å²) in [5.41, 5.74) is 4.97. The third-order valence-corrected chi connectivity index (χ3v) is 4.59. The van der Waals surface area contributed by atoms with Gasteiger partial charge in [-0.15, -0.1) is 0 Å². The fraction of sp³-hybridized carbons (Fsp3) is 0.333. The van der Waals surface area contributed by atoms with Crippen LogP contribution in [0.4, 0.5) is 4.39 Å². The van der Waals surface area contributed by atoms with Crippen molar-refractivity contribution in [2.75, 3.05) is 7.11 Å². The SMILES string of the molecule is C/C=C(\C=C/C(C)F)CC1=CC=C(OC)C(c2ccc3nonc3c2)C1. The number of benzene rings is 1. The summed E-state index contributed by atoms with van der Waals surface area (Å²) in [7, 11) is 1.69. The second-order valence-electron chi connectivity index (χ2n) is 6.44. The summed E-state index contributed by atoms with van der Waals surface area (Å²) in [6.45, 7) is 3.51. The van der Waals surface area contributed by atoms with Crippen molar-refractivity contribution in [3.63, 3.8) is 0 Å². The minimum atomic E-state index is -0.944. The van der Waals surface area contributed by atoms with Crippen molar-refractivity contribution >= 4 is 11.0 Å². The molecule has 2 atom stereocenters. The number of nitrogens with zero attached hydrogens (tertiary/aromatic N) is 2. The molecule has 0 N–H and O–H groups in total. The molecule has 1 aromatic carbocycles. The molecule has 0 fully saturated rings. The molecule has 0 spiro atoms. The maximum absolute atomic E-state index is 13.1. The van der Waals surface area contributed by atoms with Crippen LogP contribution in [0.1, 0.15) is 38.2 Å². The summed E-state index contributed by atoms with van der Waals surface area (Å²) < 4.78 is 23.5. The van der Waals surface area contributed by atoms with Crippen molar-refractivity contribution in [1.29, 1.82) is 0 Å². The Morgan fingerprint density at radius 3 is 2.88 bits per heavy atom. The van der Waals surface area contributed by atoms with E-state index in [1.807, 2.05) is 43.4 Å². The minimum absolute atomic E-state index is 0.114. The second kappa shape index (κ2) is 8.13. The fourth-order valence-corrected chi connectivity index (χ4v) is 3.16. The molecule has 0 saturated carbocycles. The molecule has 0 bridgehead atoms. The van der Waals surface area contributed by atoms with Gasteiger partial charge in [0, 0.05) is 5.92 Å². The van der Waals surface area contributed by atoms with Crippen LogP contribution in [0, 0.1) is 0 Å². The Hall–Kier alpha value is -2.69. The summed E-state index contributed by atoms with van der Waals surface area (Å²) in [5.74, 6) is 1.03. The molecule has 1 heterocycles. The van der Waals surface area contributed by atoms with Gasteiger partial charge in [0.05, 0.1) is 7.11 Å². The van der Waals surface area contributed by atoms with Gasteiger partial charge in [-0.25, -0.2) is 9.02 Å². The van der Waals surface area contributed by atoms with Crippen LogP contribution in [0.3, 0.4) is 0 Å². The van der Waals surface area contributed by atoms with Crippen LogP contribution in [0.15, 0.2) is 70.1 Å². The lowest BCUT2D eigenvalue weighted by Gasteiger charge is -2.25. The second-order valence-corrected chi connectivity index (χ2v) is 6.44. The zero-order chi connectivity index (χ0) is 18.5. The van der Waals surface area contributed by atoms with Gasteiger partial charge in [-0.3, -0.25) is 0 Å². The number of fused-ring (bicyclic) bond motifs is 1. The largest absolute Gasteiger partial charge is 0.500 e. The molecule has 0 aliphatic heterocycles. The Labute approximate surface area is 152 Å². The highest BCUT2D eigenvalue weighted by molar-refractivity contribution is 5.74. The molecule has 5 heteroatoms. The first-order valence-electron chi connectivity index (χ1n) is 8.74. The number of hydrogen-bond donors (Lipinski definition) is 0.